The minimum absolute atomic E-state index is 0. The molecule has 690 valence electrons. The van der Waals surface area contributed by atoms with Crippen molar-refractivity contribution in [3.8, 4) is 0 Å². The van der Waals surface area contributed by atoms with Crippen LogP contribution in [0, 0.1) is 35.5 Å². The quantitative estimate of drug-likeness (QED) is 0.0147. The van der Waals surface area contributed by atoms with Crippen LogP contribution in [0.15, 0.2) is 0 Å². The fraction of sp³-hybridized carbons (Fsp3) is 0.929. The molecule has 31 heteroatoms. The maximum absolute atomic E-state index is 7.83. The number of nitrogens with one attached hydrogen (secondary N) is 6. The number of thiocarbonyl (C=S) groups is 6. The minimum atomic E-state index is 0. The molecule has 0 aliphatic rings. The minimum Gasteiger partial charge on any atom is -0.412 e. The Morgan fingerprint density at radius 1 is 0.183 bits per heavy atom. The topological polar surface area (TPSA) is 175 Å². The molecule has 6 atom stereocenters. The van der Waals surface area contributed by atoms with E-state index in [2.05, 4.69) is 190 Å². The van der Waals surface area contributed by atoms with Gasteiger partial charge in [-0.05, 0) is 74.0 Å². The SMILES string of the molecule is CCCCCCCCCCC(C)CNC(=S)[S-].CCCCCCCCCCC(C)CNC(=S)[S-].CCCCCCCCCCC(C)CNC(=S)[S-].CCCCCCCCCCC(C)CNC(=S)[S-].CCCCCCCCCCC(C)CNC(=S)[S-].CCCCCCCCCCC(C)CNC(=S)[S-].O=S.O=S.O=S.O=S.O=S.O=S.[Mo]. The summed E-state index contributed by atoms with van der Waals surface area (Å²) in [6, 6.07) is 0. The van der Waals surface area contributed by atoms with Crippen molar-refractivity contribution >= 4 is 250 Å². The zero-order chi connectivity index (χ0) is 89.6. The van der Waals surface area contributed by atoms with Gasteiger partial charge < -0.3 is 181 Å². The first kappa shape index (κ1) is 145. The molecule has 0 saturated carbocycles. The van der Waals surface area contributed by atoms with E-state index in [0.717, 1.165) is 39.3 Å². The number of hydrogen-bond donors (Lipinski definition) is 6. The molecule has 0 rings (SSSR count). The second-order valence-corrected chi connectivity index (χ2v) is 36.7. The van der Waals surface area contributed by atoms with Crippen LogP contribution in [-0.4, -0.2) is 90.4 Å². The molecule has 0 amide bonds. The molecule has 0 aromatic carbocycles. The fourth-order valence-electron chi connectivity index (χ4n) is 11.9. The van der Waals surface area contributed by atoms with E-state index < -0.39 is 0 Å². The van der Waals surface area contributed by atoms with Gasteiger partial charge in [0.15, 0.2) is 75.2 Å². The van der Waals surface area contributed by atoms with Crippen LogP contribution in [-0.2, 0) is 172 Å². The molecule has 6 unspecified atom stereocenters. The van der Waals surface area contributed by atoms with Crippen molar-refractivity contribution in [2.24, 2.45) is 35.5 Å². The van der Waals surface area contributed by atoms with Crippen molar-refractivity contribution in [1.82, 2.24) is 31.9 Å². The Bertz CT molecular complexity index is 1550. The maximum atomic E-state index is 7.83. The van der Waals surface area contributed by atoms with E-state index in [1.54, 1.807) is 0 Å². The monoisotopic (exact) mass is 2030 g/mol. The summed E-state index contributed by atoms with van der Waals surface area (Å²) < 4.78 is 50.0. The molecule has 0 aliphatic heterocycles. The molecule has 0 fully saturated rings. The average molecular weight is 2030 g/mol. The second-order valence-electron chi connectivity index (χ2n) is 30.2. The molecule has 0 aliphatic carbocycles. The summed E-state index contributed by atoms with van der Waals surface area (Å²) >= 11 is 74.9. The summed E-state index contributed by atoms with van der Waals surface area (Å²) in [5, 5.41) is 18.4. The van der Waals surface area contributed by atoms with Gasteiger partial charge >= 0.3 is 0 Å². The summed E-state index contributed by atoms with van der Waals surface area (Å²) in [5.74, 6) is 4.14. The largest absolute Gasteiger partial charge is 0.412 e. The average Bonchev–Trinajstić information content (AvgIpc) is 1.15. The van der Waals surface area contributed by atoms with Crippen LogP contribution >= 0.6 is 73.3 Å². The number of unbranched alkanes of at least 4 members (excludes halogenated alkanes) is 42. The van der Waals surface area contributed by atoms with Gasteiger partial charge in [-0.15, -0.1) is 0 Å². The van der Waals surface area contributed by atoms with Gasteiger partial charge in [0.05, 0.1) is 0 Å². The van der Waals surface area contributed by atoms with Crippen molar-refractivity contribution in [3.05, 3.63) is 0 Å². The van der Waals surface area contributed by atoms with E-state index in [-0.39, 0.29) is 21.1 Å². The second kappa shape index (κ2) is 141. The van der Waals surface area contributed by atoms with E-state index >= 15 is 0 Å². The smallest absolute Gasteiger partial charge is 0.197 e. The van der Waals surface area contributed by atoms with Crippen LogP contribution in [0.4, 0.5) is 0 Å². The van der Waals surface area contributed by atoms with E-state index in [1.807, 2.05) is 0 Å². The zero-order valence-corrected chi connectivity index (χ0v) is 90.8. The van der Waals surface area contributed by atoms with Crippen LogP contribution in [0.1, 0.15) is 430 Å². The van der Waals surface area contributed by atoms with Crippen LogP contribution in [0.5, 0.6) is 0 Å². The van der Waals surface area contributed by atoms with E-state index in [9.17, 15) is 0 Å². The third kappa shape index (κ3) is 178. The summed E-state index contributed by atoms with van der Waals surface area (Å²) in [6.45, 7) is 32.9. The van der Waals surface area contributed by atoms with Gasteiger partial charge in [0.1, 0.15) is 0 Å². The fourth-order valence-corrected chi connectivity index (χ4v) is 12.9. The Morgan fingerprint density at radius 2 is 0.261 bits per heavy atom. The van der Waals surface area contributed by atoms with E-state index in [1.165, 1.54) is 347 Å². The number of hydrogen-bond acceptors (Lipinski definition) is 24. The summed E-state index contributed by atoms with van der Waals surface area (Å²) in [6.07, 6.45) is 74.7. The number of rotatable bonds is 66. The van der Waals surface area contributed by atoms with Gasteiger partial charge in [0.25, 0.3) is 0 Å². The first-order valence-electron chi connectivity index (χ1n) is 43.7. The maximum Gasteiger partial charge on any atom is 0.197 e. The summed E-state index contributed by atoms with van der Waals surface area (Å²) in [5.41, 5.74) is 0. The standard InChI is InChI=1S/6C14H29NS2.Mo.6OS/c6*1-3-4-5-6-7-8-9-10-11-13(2)12-15-14(16)17;;6*1-2/h6*13H,3-12H2,1-2H3,(H2,15,16,17);;;;;;;/p-6. The Kier molecular flexibility index (Phi) is 178. The van der Waals surface area contributed by atoms with Crippen molar-refractivity contribution in [1.29, 1.82) is 0 Å². The molecule has 0 aromatic heterocycles. The van der Waals surface area contributed by atoms with Crippen molar-refractivity contribution < 1.29 is 46.3 Å². The Balaban J connectivity index is -0.0000000958. The van der Waals surface area contributed by atoms with E-state index in [4.69, 9.17) is 174 Å². The predicted octanol–water partition coefficient (Wildman–Crippen LogP) is 25.4. The van der Waals surface area contributed by atoms with Gasteiger partial charge in [-0.2, -0.15) is 25.3 Å². The van der Waals surface area contributed by atoms with Gasteiger partial charge in [0.2, 0.25) is 0 Å². The van der Waals surface area contributed by atoms with Crippen LogP contribution < -0.4 is 31.9 Å². The molecule has 0 bridgehead atoms. The molecule has 115 heavy (non-hydrogen) atoms. The molecule has 12 nitrogen and oxygen atoms in total. The van der Waals surface area contributed by atoms with Crippen molar-refractivity contribution in [2.75, 3.05) is 39.3 Å². The molecule has 0 spiro atoms. The Hall–Kier alpha value is 1.47. The molecule has 0 heterocycles. The molecule has 0 saturated heterocycles. The van der Waals surface area contributed by atoms with Gasteiger partial charge in [-0.25, -0.2) is 0 Å². The van der Waals surface area contributed by atoms with Gasteiger partial charge in [0, 0.05) is 60.3 Å². The molecule has 0 aromatic rings. The van der Waals surface area contributed by atoms with Gasteiger partial charge in [-0.3, -0.25) is 0 Å². The molecular weight excluding hydrogens is 1860 g/mol. The predicted molar refractivity (Wildman–Crippen MR) is 555 cm³/mol. The Morgan fingerprint density at radius 3 is 0.339 bits per heavy atom. The summed E-state index contributed by atoms with van der Waals surface area (Å²) in [7, 11) is 0. The zero-order valence-electron chi connectivity index (χ0n) is 74.1. The summed E-state index contributed by atoms with van der Waals surface area (Å²) in [4.78, 5) is 0. The third-order valence-electron chi connectivity index (χ3n) is 18.9. The van der Waals surface area contributed by atoms with Crippen molar-refractivity contribution in [3.63, 3.8) is 0 Å². The molecular formula is C84H168MoN6O6S18-6. The third-order valence-corrected chi connectivity index (χ3v) is 20.6. The Labute approximate surface area is 823 Å². The van der Waals surface area contributed by atoms with Crippen molar-refractivity contribution in [2.45, 2.75) is 430 Å². The normalized spacial score (nSPS) is 11.2. The van der Waals surface area contributed by atoms with Crippen LogP contribution in [0.25, 0.3) is 0 Å². The van der Waals surface area contributed by atoms with E-state index in [0.29, 0.717) is 61.4 Å². The molecule has 0 radical (unpaired) electrons. The first-order valence-corrected chi connectivity index (χ1v) is 50.6. The van der Waals surface area contributed by atoms with Crippen LogP contribution in [0.3, 0.4) is 0 Å². The van der Waals surface area contributed by atoms with Gasteiger partial charge in [-0.1, -0.05) is 417 Å². The molecule has 6 N–H and O–H groups in total. The van der Waals surface area contributed by atoms with Crippen LogP contribution in [0.2, 0.25) is 0 Å². The first-order chi connectivity index (χ1) is 55.0.